The highest BCUT2D eigenvalue weighted by Crippen LogP contribution is 2.36. The van der Waals surface area contributed by atoms with Crippen LogP contribution in [0.4, 0.5) is 0 Å². The van der Waals surface area contributed by atoms with Crippen molar-refractivity contribution in [3.05, 3.63) is 175 Å². The van der Waals surface area contributed by atoms with Crippen molar-refractivity contribution in [2.45, 2.75) is 26.7 Å². The molecule has 0 unspecified atom stereocenters. The van der Waals surface area contributed by atoms with E-state index < -0.39 is 0 Å². The number of nitriles is 3. The number of allylic oxidation sites excluding steroid dienone is 14. The standard InChI is InChI=1S/C41H32N7O/c1-29-11-15-31(16-12-29)39(37(27-44)46-3)35(25-42)9-5-7-33-19-20-34(41(33)48-21-23-49-24-22-48)8-6-10-36(26-43)40(38(28-45)47-4)32-17-13-30(2)14-18-32/h5-18H,19-24H2,1-2H3/q-1/b7-5+,10-6+,34-8+,35-9+,39-37+,40-38-. The van der Waals surface area contributed by atoms with Gasteiger partial charge in [-0.2, -0.15) is 5.26 Å². The first-order chi connectivity index (χ1) is 23.9. The summed E-state index contributed by atoms with van der Waals surface area (Å²) < 4.78 is 5.61. The molecular formula is C41H32N7O-. The Morgan fingerprint density at radius 2 is 1.39 bits per heavy atom. The van der Waals surface area contributed by atoms with E-state index in [1.165, 1.54) is 0 Å². The van der Waals surface area contributed by atoms with Crippen LogP contribution in [0.1, 0.15) is 35.1 Å². The van der Waals surface area contributed by atoms with E-state index in [0.717, 1.165) is 40.8 Å². The minimum atomic E-state index is -0.150. The van der Waals surface area contributed by atoms with E-state index in [-0.39, 0.29) is 22.5 Å². The van der Waals surface area contributed by atoms with Gasteiger partial charge in [0.25, 0.3) is 11.4 Å². The fourth-order valence-electron chi connectivity index (χ4n) is 5.66. The average molecular weight is 639 g/mol. The van der Waals surface area contributed by atoms with E-state index in [2.05, 4.69) is 26.5 Å². The van der Waals surface area contributed by atoms with E-state index in [1.807, 2.05) is 62.4 Å². The van der Waals surface area contributed by atoms with Crippen LogP contribution in [-0.4, -0.2) is 37.1 Å². The van der Waals surface area contributed by atoms with Crippen LogP contribution in [0.3, 0.4) is 0 Å². The number of hydrogen-bond acceptors (Lipinski definition) is 5. The van der Waals surface area contributed by atoms with Crippen LogP contribution in [0.2, 0.25) is 0 Å². The lowest BCUT2D eigenvalue weighted by atomic mass is 9.95. The number of hydrogen-bond donors (Lipinski definition) is 0. The molecule has 1 aliphatic heterocycles. The Bertz CT molecular complexity index is 2060. The van der Waals surface area contributed by atoms with Gasteiger partial charge in [0.15, 0.2) is 0 Å². The molecule has 0 amide bonds. The Balaban J connectivity index is 1.73. The molecule has 4 rings (SSSR count). The normalized spacial score (nSPS) is 16.6. The zero-order valence-electron chi connectivity index (χ0n) is 27.4. The zero-order valence-corrected chi connectivity index (χ0v) is 27.4. The topological polar surface area (TPSA) is 115 Å². The van der Waals surface area contributed by atoms with Crippen molar-refractivity contribution < 1.29 is 4.74 Å². The van der Waals surface area contributed by atoms with Crippen molar-refractivity contribution >= 4 is 17.0 Å². The second-order valence-corrected chi connectivity index (χ2v) is 11.2. The predicted molar refractivity (Wildman–Crippen MR) is 191 cm³/mol. The number of ether oxygens (including phenoxy) is 1. The molecule has 0 saturated carbocycles. The van der Waals surface area contributed by atoms with Crippen LogP contribution in [0, 0.1) is 61.0 Å². The van der Waals surface area contributed by atoms with Crippen molar-refractivity contribution in [1.82, 2.24) is 4.90 Å². The van der Waals surface area contributed by atoms with Gasteiger partial charge in [-0.15, -0.1) is 0 Å². The number of aryl methyl sites for hydroxylation is 2. The van der Waals surface area contributed by atoms with Gasteiger partial charge >= 0.3 is 0 Å². The smallest absolute Gasteiger partial charge is 0.270 e. The van der Waals surface area contributed by atoms with Gasteiger partial charge in [-0.1, -0.05) is 84.0 Å². The molecule has 8 nitrogen and oxygen atoms in total. The minimum Gasteiger partial charge on any atom is -0.763 e. The second-order valence-electron chi connectivity index (χ2n) is 11.2. The molecular weight excluding hydrogens is 606 g/mol. The van der Waals surface area contributed by atoms with Crippen LogP contribution in [0.5, 0.6) is 0 Å². The van der Waals surface area contributed by atoms with Crippen molar-refractivity contribution in [2.75, 3.05) is 26.3 Å². The largest absolute Gasteiger partial charge is 0.763 e. The molecule has 1 fully saturated rings. The first kappa shape index (κ1) is 35.1. The summed E-state index contributed by atoms with van der Waals surface area (Å²) in [6, 6.07) is 20.8. The molecule has 0 aromatic heterocycles. The summed E-state index contributed by atoms with van der Waals surface area (Å²) in [5, 5.41) is 39.5. The lowest BCUT2D eigenvalue weighted by Gasteiger charge is -2.31. The third kappa shape index (κ3) is 8.56. The summed E-state index contributed by atoms with van der Waals surface area (Å²) >= 11 is 0. The third-order valence-electron chi connectivity index (χ3n) is 8.09. The highest BCUT2D eigenvalue weighted by atomic mass is 16.5. The fourth-order valence-corrected chi connectivity index (χ4v) is 5.66. The zero-order chi connectivity index (χ0) is 35.2. The third-order valence-corrected chi connectivity index (χ3v) is 8.09. The molecule has 0 atom stereocenters. The summed E-state index contributed by atoms with van der Waals surface area (Å²) in [5.74, 6) is 2.18. The molecule has 0 bridgehead atoms. The summed E-state index contributed by atoms with van der Waals surface area (Å²) in [5.41, 5.74) is 7.19. The molecule has 1 saturated heterocycles. The SMILES string of the molecule is [C-]#[N+]/C(C#N)=C(\C(=C=[N-])/C=C/C=C1\CCC(/C=C/C=C(C#N)/C(=C(\C#N)[N+]#[C-])c2ccc(C)cc2)=C1N1CCOCC1)c1ccc(C)cc1. The number of nitrogens with zero attached hydrogens (tertiary/aromatic N) is 7. The molecule has 238 valence electrons. The van der Waals surface area contributed by atoms with Crippen LogP contribution < -0.4 is 0 Å². The Hall–Kier alpha value is -6.72. The van der Waals surface area contributed by atoms with Crippen LogP contribution in [0.25, 0.3) is 26.2 Å². The molecule has 2 aromatic rings. The maximum atomic E-state index is 10.1. The first-order valence-corrected chi connectivity index (χ1v) is 15.6. The van der Waals surface area contributed by atoms with Crippen LogP contribution in [-0.2, 0) is 4.74 Å². The predicted octanol–water partition coefficient (Wildman–Crippen LogP) is 8.35. The molecule has 0 spiro atoms. The van der Waals surface area contributed by atoms with Crippen molar-refractivity contribution in [3.8, 4) is 18.2 Å². The van der Waals surface area contributed by atoms with E-state index >= 15 is 0 Å². The Morgan fingerprint density at radius 1 is 0.816 bits per heavy atom. The molecule has 1 heterocycles. The van der Waals surface area contributed by atoms with E-state index in [9.17, 15) is 21.2 Å². The van der Waals surface area contributed by atoms with Gasteiger partial charge < -0.3 is 15.0 Å². The van der Waals surface area contributed by atoms with Gasteiger partial charge in [-0.05, 0) is 66.7 Å². The molecule has 0 N–H and O–H groups in total. The van der Waals surface area contributed by atoms with Gasteiger partial charge in [0.05, 0.1) is 50.1 Å². The van der Waals surface area contributed by atoms with E-state index in [0.29, 0.717) is 48.6 Å². The number of rotatable bonds is 9. The maximum absolute atomic E-state index is 10.1. The molecule has 2 aromatic carbocycles. The van der Waals surface area contributed by atoms with Crippen LogP contribution >= 0.6 is 0 Å². The van der Waals surface area contributed by atoms with Crippen molar-refractivity contribution in [2.24, 2.45) is 0 Å². The molecule has 1 aliphatic carbocycles. The highest BCUT2D eigenvalue weighted by Gasteiger charge is 2.24. The van der Waals surface area contributed by atoms with E-state index in [4.69, 9.17) is 17.9 Å². The highest BCUT2D eigenvalue weighted by molar-refractivity contribution is 5.95. The summed E-state index contributed by atoms with van der Waals surface area (Å²) in [6.45, 7) is 21.6. The molecule has 2 aliphatic rings. The summed E-state index contributed by atoms with van der Waals surface area (Å²) in [7, 11) is 0. The summed E-state index contributed by atoms with van der Waals surface area (Å²) in [6.07, 6.45) is 12.3. The van der Waals surface area contributed by atoms with Gasteiger partial charge in [0.1, 0.15) is 0 Å². The van der Waals surface area contributed by atoms with E-state index in [1.54, 1.807) is 48.6 Å². The quantitative estimate of drug-likeness (QED) is 0.119. The van der Waals surface area contributed by atoms with Gasteiger partial charge in [0, 0.05) is 29.9 Å². The number of benzene rings is 2. The van der Waals surface area contributed by atoms with Crippen LogP contribution in [0.15, 0.2) is 124 Å². The Kier molecular flexibility index (Phi) is 12.4. The monoisotopic (exact) mass is 638 g/mol. The molecule has 8 heteroatoms. The lowest BCUT2D eigenvalue weighted by Crippen LogP contribution is -2.36. The van der Waals surface area contributed by atoms with Crippen molar-refractivity contribution in [3.63, 3.8) is 0 Å². The molecule has 49 heavy (non-hydrogen) atoms. The second kappa shape index (κ2) is 17.3. The first-order valence-electron chi connectivity index (χ1n) is 15.6. The number of morpholine rings is 1. The Morgan fingerprint density at radius 3 is 1.92 bits per heavy atom. The van der Waals surface area contributed by atoms with Crippen molar-refractivity contribution in [1.29, 1.82) is 15.8 Å². The summed E-state index contributed by atoms with van der Waals surface area (Å²) in [4.78, 5) is 9.07. The van der Waals surface area contributed by atoms with Gasteiger partial charge in [-0.3, -0.25) is 5.87 Å². The minimum absolute atomic E-state index is 0.150. The molecule has 0 radical (unpaired) electrons. The fraction of sp³-hybridized carbons (Fsp3) is 0.195. The maximum Gasteiger partial charge on any atom is 0.270 e. The van der Waals surface area contributed by atoms with Gasteiger partial charge in [-0.25, -0.2) is 20.2 Å². The average Bonchev–Trinajstić information content (AvgIpc) is 3.54. The van der Waals surface area contributed by atoms with Gasteiger partial charge in [0.2, 0.25) is 0 Å². The lowest BCUT2D eigenvalue weighted by molar-refractivity contribution is 0.0547. The Labute approximate surface area is 287 Å².